The standard InChI is InChI=1S/C26H19N3O/c1-16-15-22-24(17(2)27-16)28-26(29(22)18-9-4-3-5-10-18)21-13-8-12-20-19-11-6-7-14-23(19)30-25(20)21/h3-15H,1-2H3. The van der Waals surface area contributed by atoms with Crippen LogP contribution >= 0.6 is 0 Å². The van der Waals surface area contributed by atoms with E-state index in [-0.39, 0.29) is 0 Å². The second-order valence-electron chi connectivity index (χ2n) is 7.60. The number of pyridine rings is 1. The molecule has 30 heavy (non-hydrogen) atoms. The summed E-state index contributed by atoms with van der Waals surface area (Å²) in [7, 11) is 0. The van der Waals surface area contributed by atoms with E-state index in [4.69, 9.17) is 9.40 Å². The number of benzene rings is 3. The van der Waals surface area contributed by atoms with Crippen molar-refractivity contribution in [3.8, 4) is 17.1 Å². The molecular weight excluding hydrogens is 370 g/mol. The lowest BCUT2D eigenvalue weighted by Gasteiger charge is -2.10. The molecule has 3 aromatic heterocycles. The zero-order chi connectivity index (χ0) is 20.2. The Hall–Kier alpha value is -3.92. The van der Waals surface area contributed by atoms with Crippen LogP contribution in [0.1, 0.15) is 11.4 Å². The van der Waals surface area contributed by atoms with E-state index >= 15 is 0 Å². The molecule has 0 bridgehead atoms. The van der Waals surface area contributed by atoms with Crippen molar-refractivity contribution < 1.29 is 4.42 Å². The monoisotopic (exact) mass is 389 g/mol. The van der Waals surface area contributed by atoms with Crippen LogP contribution in [0, 0.1) is 13.8 Å². The number of nitrogens with zero attached hydrogens (tertiary/aromatic N) is 3. The Kier molecular flexibility index (Phi) is 3.56. The van der Waals surface area contributed by atoms with E-state index in [1.807, 2.05) is 50.2 Å². The molecule has 144 valence electrons. The minimum Gasteiger partial charge on any atom is -0.455 e. The van der Waals surface area contributed by atoms with Gasteiger partial charge < -0.3 is 4.42 Å². The first-order valence-electron chi connectivity index (χ1n) is 10.0. The molecular formula is C26H19N3O. The maximum absolute atomic E-state index is 6.31. The second kappa shape index (κ2) is 6.29. The molecule has 0 atom stereocenters. The highest BCUT2D eigenvalue weighted by Gasteiger charge is 2.20. The molecule has 0 aliphatic rings. The van der Waals surface area contributed by atoms with Gasteiger partial charge in [0.1, 0.15) is 22.5 Å². The Morgan fingerprint density at radius 2 is 1.53 bits per heavy atom. The number of rotatable bonds is 2. The fraction of sp³-hybridized carbons (Fsp3) is 0.0769. The molecule has 0 N–H and O–H groups in total. The Balaban J connectivity index is 1.76. The summed E-state index contributed by atoms with van der Waals surface area (Å²) in [6.45, 7) is 4.04. The van der Waals surface area contributed by atoms with Crippen molar-refractivity contribution in [1.82, 2.24) is 14.5 Å². The minimum atomic E-state index is 0.855. The summed E-state index contributed by atoms with van der Waals surface area (Å²) in [4.78, 5) is 9.70. The van der Waals surface area contributed by atoms with Crippen molar-refractivity contribution in [1.29, 1.82) is 0 Å². The normalized spacial score (nSPS) is 11.7. The summed E-state index contributed by atoms with van der Waals surface area (Å²) >= 11 is 0. The summed E-state index contributed by atoms with van der Waals surface area (Å²) < 4.78 is 8.52. The van der Waals surface area contributed by atoms with E-state index in [0.717, 1.165) is 61.4 Å². The van der Waals surface area contributed by atoms with Crippen LogP contribution in [0.5, 0.6) is 0 Å². The molecule has 3 aromatic carbocycles. The number of aryl methyl sites for hydroxylation is 2. The lowest BCUT2D eigenvalue weighted by molar-refractivity contribution is 0.669. The fourth-order valence-corrected chi connectivity index (χ4v) is 4.32. The van der Waals surface area contributed by atoms with Crippen LogP contribution in [0.15, 0.2) is 83.3 Å². The number of hydrogen-bond acceptors (Lipinski definition) is 3. The number of fused-ring (bicyclic) bond motifs is 4. The lowest BCUT2D eigenvalue weighted by Crippen LogP contribution is -1.98. The van der Waals surface area contributed by atoms with Gasteiger partial charge >= 0.3 is 0 Å². The molecule has 0 saturated carbocycles. The maximum Gasteiger partial charge on any atom is 0.149 e. The molecule has 0 spiro atoms. The molecule has 0 aliphatic heterocycles. The molecule has 0 amide bonds. The topological polar surface area (TPSA) is 43.9 Å². The first kappa shape index (κ1) is 17.0. The number of para-hydroxylation sites is 3. The van der Waals surface area contributed by atoms with Gasteiger partial charge in [0.05, 0.1) is 16.8 Å². The Morgan fingerprint density at radius 1 is 0.767 bits per heavy atom. The zero-order valence-corrected chi connectivity index (χ0v) is 16.8. The van der Waals surface area contributed by atoms with Gasteiger partial charge in [0, 0.05) is 22.2 Å². The van der Waals surface area contributed by atoms with Crippen LogP contribution in [-0.2, 0) is 0 Å². The number of hydrogen-bond donors (Lipinski definition) is 0. The van der Waals surface area contributed by atoms with Gasteiger partial charge in [0.2, 0.25) is 0 Å². The number of aromatic nitrogens is 3. The largest absolute Gasteiger partial charge is 0.455 e. The maximum atomic E-state index is 6.31. The van der Waals surface area contributed by atoms with E-state index in [1.165, 1.54) is 0 Å². The molecule has 3 heterocycles. The third kappa shape index (κ3) is 2.40. The summed E-state index contributed by atoms with van der Waals surface area (Å²) in [5, 5.41) is 2.21. The molecule has 4 nitrogen and oxygen atoms in total. The SMILES string of the molecule is Cc1cc2c(nc(-c3cccc4c3oc3ccccc34)n2-c2ccccc2)c(C)n1. The first-order valence-corrected chi connectivity index (χ1v) is 10.0. The Morgan fingerprint density at radius 3 is 2.40 bits per heavy atom. The molecule has 6 aromatic rings. The number of imidazole rings is 1. The van der Waals surface area contributed by atoms with Gasteiger partial charge in [-0.1, -0.05) is 48.5 Å². The average molecular weight is 389 g/mol. The van der Waals surface area contributed by atoms with Crippen molar-refractivity contribution in [3.05, 3.63) is 90.3 Å². The van der Waals surface area contributed by atoms with Crippen LogP contribution in [0.4, 0.5) is 0 Å². The second-order valence-corrected chi connectivity index (χ2v) is 7.60. The Labute approximate surface area is 173 Å². The van der Waals surface area contributed by atoms with E-state index in [2.05, 4.69) is 52.0 Å². The third-order valence-corrected chi connectivity index (χ3v) is 5.60. The van der Waals surface area contributed by atoms with Gasteiger partial charge in [-0.25, -0.2) is 4.98 Å². The smallest absolute Gasteiger partial charge is 0.149 e. The van der Waals surface area contributed by atoms with Crippen LogP contribution < -0.4 is 0 Å². The van der Waals surface area contributed by atoms with Crippen LogP contribution in [0.25, 0.3) is 50.0 Å². The molecule has 0 aliphatic carbocycles. The van der Waals surface area contributed by atoms with E-state index in [0.29, 0.717) is 0 Å². The van der Waals surface area contributed by atoms with Crippen molar-refractivity contribution in [2.24, 2.45) is 0 Å². The summed E-state index contributed by atoms with van der Waals surface area (Å²) in [6.07, 6.45) is 0. The van der Waals surface area contributed by atoms with E-state index in [1.54, 1.807) is 0 Å². The van der Waals surface area contributed by atoms with Crippen molar-refractivity contribution >= 4 is 33.0 Å². The first-order chi connectivity index (χ1) is 14.7. The molecule has 0 radical (unpaired) electrons. The Bertz CT molecular complexity index is 1560. The van der Waals surface area contributed by atoms with Crippen molar-refractivity contribution in [2.45, 2.75) is 13.8 Å². The van der Waals surface area contributed by atoms with Crippen LogP contribution in [0.2, 0.25) is 0 Å². The van der Waals surface area contributed by atoms with E-state index in [9.17, 15) is 0 Å². The molecule has 0 unspecified atom stereocenters. The van der Waals surface area contributed by atoms with Gasteiger partial charge in [-0.2, -0.15) is 0 Å². The van der Waals surface area contributed by atoms with Gasteiger partial charge in [-0.05, 0) is 44.2 Å². The summed E-state index contributed by atoms with van der Waals surface area (Å²) in [5.74, 6) is 0.858. The fourth-order valence-electron chi connectivity index (χ4n) is 4.32. The molecule has 0 saturated heterocycles. The number of furan rings is 1. The van der Waals surface area contributed by atoms with E-state index < -0.39 is 0 Å². The lowest BCUT2D eigenvalue weighted by atomic mass is 10.1. The van der Waals surface area contributed by atoms with Crippen molar-refractivity contribution in [3.63, 3.8) is 0 Å². The molecule has 0 fully saturated rings. The highest BCUT2D eigenvalue weighted by Crippen LogP contribution is 2.37. The van der Waals surface area contributed by atoms with Gasteiger partial charge in [0.25, 0.3) is 0 Å². The zero-order valence-electron chi connectivity index (χ0n) is 16.8. The average Bonchev–Trinajstić information content (AvgIpc) is 3.33. The molecule has 6 rings (SSSR count). The third-order valence-electron chi connectivity index (χ3n) is 5.60. The predicted octanol–water partition coefficient (Wildman–Crippen LogP) is 6.60. The van der Waals surface area contributed by atoms with Gasteiger partial charge in [0.15, 0.2) is 0 Å². The molecule has 4 heteroatoms. The summed E-state index contributed by atoms with van der Waals surface area (Å²) in [6, 6.07) is 26.9. The minimum absolute atomic E-state index is 0.855. The van der Waals surface area contributed by atoms with Crippen molar-refractivity contribution in [2.75, 3.05) is 0 Å². The predicted molar refractivity (Wildman–Crippen MR) is 121 cm³/mol. The van der Waals surface area contributed by atoms with Crippen LogP contribution in [-0.4, -0.2) is 14.5 Å². The highest BCUT2D eigenvalue weighted by atomic mass is 16.3. The van der Waals surface area contributed by atoms with Gasteiger partial charge in [-0.15, -0.1) is 0 Å². The van der Waals surface area contributed by atoms with Gasteiger partial charge in [-0.3, -0.25) is 9.55 Å². The highest BCUT2D eigenvalue weighted by molar-refractivity contribution is 6.09. The summed E-state index contributed by atoms with van der Waals surface area (Å²) in [5.41, 5.74) is 7.64. The van der Waals surface area contributed by atoms with Crippen LogP contribution in [0.3, 0.4) is 0 Å². The quantitative estimate of drug-likeness (QED) is 0.335.